The van der Waals surface area contributed by atoms with Crippen LogP contribution in [0.1, 0.15) is 18.5 Å². The lowest BCUT2D eigenvalue weighted by Gasteiger charge is -2.19. The predicted molar refractivity (Wildman–Crippen MR) is 91.3 cm³/mol. The molecule has 1 N–H and O–H groups in total. The van der Waals surface area contributed by atoms with Crippen molar-refractivity contribution in [1.29, 1.82) is 0 Å². The molecule has 9 nitrogen and oxygen atoms in total. The summed E-state index contributed by atoms with van der Waals surface area (Å²) in [5, 5.41) is 25.1. The highest BCUT2D eigenvalue weighted by Gasteiger charge is 2.22. The zero-order valence-corrected chi connectivity index (χ0v) is 13.9. The Balaban J connectivity index is 2.39. The molecule has 0 bridgehead atoms. The Kier molecular flexibility index (Phi) is 5.38. The Labute approximate surface area is 143 Å². The minimum Gasteiger partial charge on any atom is -0.497 e. The number of methoxy groups -OCH3 is 2. The average molecular weight is 347 g/mol. The molecule has 0 fully saturated rings. The smallest absolute Gasteiger partial charge is 0.299 e. The fourth-order valence-corrected chi connectivity index (χ4v) is 2.40. The number of nitro groups is 2. The van der Waals surface area contributed by atoms with Crippen molar-refractivity contribution < 1.29 is 19.3 Å². The third-order valence-electron chi connectivity index (χ3n) is 3.66. The van der Waals surface area contributed by atoms with Gasteiger partial charge in [-0.1, -0.05) is 0 Å². The third kappa shape index (κ3) is 3.94. The van der Waals surface area contributed by atoms with Crippen molar-refractivity contribution in [3.8, 4) is 11.5 Å². The molecule has 0 aliphatic carbocycles. The number of nitrogens with zero attached hydrogens (tertiary/aromatic N) is 2. The molecule has 0 spiro atoms. The van der Waals surface area contributed by atoms with Crippen molar-refractivity contribution >= 4 is 17.1 Å². The van der Waals surface area contributed by atoms with Gasteiger partial charge in [-0.2, -0.15) is 0 Å². The van der Waals surface area contributed by atoms with Gasteiger partial charge in [-0.3, -0.25) is 20.2 Å². The van der Waals surface area contributed by atoms with E-state index in [-0.39, 0.29) is 23.1 Å². The lowest BCUT2D eigenvalue weighted by molar-refractivity contribution is -0.393. The van der Waals surface area contributed by atoms with Gasteiger partial charge in [0.15, 0.2) is 0 Å². The van der Waals surface area contributed by atoms with Crippen LogP contribution >= 0.6 is 0 Å². The topological polar surface area (TPSA) is 117 Å². The lowest BCUT2D eigenvalue weighted by Crippen LogP contribution is -2.10. The first-order valence-corrected chi connectivity index (χ1v) is 7.28. The number of benzene rings is 2. The molecule has 0 amide bonds. The van der Waals surface area contributed by atoms with Crippen molar-refractivity contribution in [2.45, 2.75) is 13.0 Å². The summed E-state index contributed by atoms with van der Waals surface area (Å²) in [6.45, 7) is 1.79. The Morgan fingerprint density at radius 2 is 1.72 bits per heavy atom. The number of nitro benzene ring substituents is 2. The summed E-state index contributed by atoms with van der Waals surface area (Å²) in [7, 11) is 3.05. The molecule has 2 aromatic carbocycles. The van der Waals surface area contributed by atoms with Crippen LogP contribution in [-0.2, 0) is 0 Å². The van der Waals surface area contributed by atoms with Crippen LogP contribution in [-0.4, -0.2) is 24.1 Å². The first-order chi connectivity index (χ1) is 11.9. The Bertz CT molecular complexity index is 808. The van der Waals surface area contributed by atoms with E-state index in [0.29, 0.717) is 11.5 Å². The summed E-state index contributed by atoms with van der Waals surface area (Å²) >= 11 is 0. The van der Waals surface area contributed by atoms with E-state index in [1.807, 2.05) is 0 Å². The van der Waals surface area contributed by atoms with Gasteiger partial charge in [0.05, 0.1) is 36.2 Å². The highest BCUT2D eigenvalue weighted by Crippen LogP contribution is 2.35. The molecule has 2 aromatic rings. The van der Waals surface area contributed by atoms with Crippen LogP contribution in [0.2, 0.25) is 0 Å². The highest BCUT2D eigenvalue weighted by atomic mass is 16.6. The molecule has 9 heteroatoms. The number of anilines is 1. The van der Waals surface area contributed by atoms with Crippen LogP contribution in [0.5, 0.6) is 11.5 Å². The molecule has 0 heterocycles. The summed E-state index contributed by atoms with van der Waals surface area (Å²) in [5.41, 5.74) is 0.189. The van der Waals surface area contributed by atoms with Crippen LogP contribution in [0.15, 0.2) is 36.4 Å². The molecule has 1 atom stereocenters. The molecule has 132 valence electrons. The standard InChI is InChI=1S/C16H17N3O6/c1-10(13-9-12(24-2)5-7-16(13)25-3)17-14-6-4-11(18(20)21)8-15(14)19(22)23/h4-10,17H,1-3H3/t10-/m1/s1. The molecule has 25 heavy (non-hydrogen) atoms. The first kappa shape index (κ1) is 18.0. The number of nitrogens with one attached hydrogen (secondary N) is 1. The van der Waals surface area contributed by atoms with E-state index in [1.165, 1.54) is 26.4 Å². The van der Waals surface area contributed by atoms with Crippen molar-refractivity contribution in [3.05, 3.63) is 62.2 Å². The highest BCUT2D eigenvalue weighted by molar-refractivity contribution is 5.66. The SMILES string of the molecule is COc1ccc(OC)c([C@@H](C)Nc2ccc([N+](=O)[O-])cc2[N+](=O)[O-])c1. The zero-order chi connectivity index (χ0) is 18.6. The molecular formula is C16H17N3O6. The van der Waals surface area contributed by atoms with E-state index >= 15 is 0 Å². The van der Waals surface area contributed by atoms with Gasteiger partial charge in [0.1, 0.15) is 17.2 Å². The fraction of sp³-hybridized carbons (Fsp3) is 0.250. The molecule has 0 radical (unpaired) electrons. The average Bonchev–Trinajstić information content (AvgIpc) is 2.60. The van der Waals surface area contributed by atoms with E-state index in [4.69, 9.17) is 9.47 Å². The third-order valence-corrected chi connectivity index (χ3v) is 3.66. The Morgan fingerprint density at radius 3 is 2.28 bits per heavy atom. The normalized spacial score (nSPS) is 11.5. The van der Waals surface area contributed by atoms with Crippen molar-refractivity contribution in [3.63, 3.8) is 0 Å². The van der Waals surface area contributed by atoms with Gasteiger partial charge in [-0.05, 0) is 31.2 Å². The molecule has 0 saturated heterocycles. The van der Waals surface area contributed by atoms with Crippen LogP contribution in [0.3, 0.4) is 0 Å². The van der Waals surface area contributed by atoms with Crippen LogP contribution in [0.25, 0.3) is 0 Å². The number of hydrogen-bond donors (Lipinski definition) is 1. The van der Waals surface area contributed by atoms with Gasteiger partial charge in [0.25, 0.3) is 11.4 Å². The van der Waals surface area contributed by atoms with E-state index < -0.39 is 9.85 Å². The Hall–Kier alpha value is -3.36. The number of ether oxygens (including phenoxy) is 2. The molecule has 0 aromatic heterocycles. The van der Waals surface area contributed by atoms with Crippen LogP contribution in [0.4, 0.5) is 17.1 Å². The summed E-state index contributed by atoms with van der Waals surface area (Å²) in [6, 6.07) is 8.32. The van der Waals surface area contributed by atoms with E-state index in [2.05, 4.69) is 5.32 Å². The summed E-state index contributed by atoms with van der Waals surface area (Å²) in [5.74, 6) is 1.20. The fourth-order valence-electron chi connectivity index (χ4n) is 2.40. The number of non-ortho nitro benzene ring substituents is 1. The first-order valence-electron chi connectivity index (χ1n) is 7.28. The van der Waals surface area contributed by atoms with Gasteiger partial charge >= 0.3 is 0 Å². The molecule has 2 rings (SSSR count). The molecule has 0 aliphatic rings. The zero-order valence-electron chi connectivity index (χ0n) is 13.9. The number of hydrogen-bond acceptors (Lipinski definition) is 7. The number of rotatable bonds is 7. The maximum atomic E-state index is 11.2. The minimum atomic E-state index is -0.675. The Morgan fingerprint density at radius 1 is 1.00 bits per heavy atom. The van der Waals surface area contributed by atoms with Crippen LogP contribution < -0.4 is 14.8 Å². The second-order valence-corrected chi connectivity index (χ2v) is 5.19. The minimum absolute atomic E-state index is 0.174. The van der Waals surface area contributed by atoms with E-state index in [9.17, 15) is 20.2 Å². The van der Waals surface area contributed by atoms with Gasteiger partial charge in [-0.15, -0.1) is 0 Å². The molecule has 0 aliphatic heterocycles. The molecule has 0 saturated carbocycles. The molecular weight excluding hydrogens is 330 g/mol. The van der Waals surface area contributed by atoms with E-state index in [1.54, 1.807) is 25.1 Å². The van der Waals surface area contributed by atoms with Crippen molar-refractivity contribution in [2.24, 2.45) is 0 Å². The largest absolute Gasteiger partial charge is 0.497 e. The van der Waals surface area contributed by atoms with Gasteiger partial charge in [0, 0.05) is 11.6 Å². The maximum absolute atomic E-state index is 11.2. The van der Waals surface area contributed by atoms with E-state index in [0.717, 1.165) is 11.6 Å². The van der Waals surface area contributed by atoms with Gasteiger partial charge in [0.2, 0.25) is 0 Å². The summed E-state index contributed by atoms with van der Waals surface area (Å²) < 4.78 is 10.5. The second kappa shape index (κ2) is 7.47. The summed E-state index contributed by atoms with van der Waals surface area (Å²) in [6.07, 6.45) is 0. The monoisotopic (exact) mass is 347 g/mol. The quantitative estimate of drug-likeness (QED) is 0.599. The van der Waals surface area contributed by atoms with Gasteiger partial charge < -0.3 is 14.8 Å². The van der Waals surface area contributed by atoms with Crippen molar-refractivity contribution in [1.82, 2.24) is 0 Å². The van der Waals surface area contributed by atoms with Crippen molar-refractivity contribution in [2.75, 3.05) is 19.5 Å². The molecule has 0 unspecified atom stereocenters. The maximum Gasteiger partial charge on any atom is 0.299 e. The second-order valence-electron chi connectivity index (χ2n) is 5.19. The lowest BCUT2D eigenvalue weighted by atomic mass is 10.1. The predicted octanol–water partition coefficient (Wildman–Crippen LogP) is 3.69. The van der Waals surface area contributed by atoms with Gasteiger partial charge in [-0.25, -0.2) is 0 Å². The van der Waals surface area contributed by atoms with Crippen LogP contribution in [0, 0.1) is 20.2 Å². The summed E-state index contributed by atoms with van der Waals surface area (Å²) in [4.78, 5) is 20.7.